The Balaban J connectivity index is 1.12. The maximum atomic E-state index is 13.8. The third-order valence-electron chi connectivity index (χ3n) is 12.0. The predicted octanol–water partition coefficient (Wildman–Crippen LogP) is 9.42. The number of esters is 1. The number of piperidine rings is 1. The van der Waals surface area contributed by atoms with Gasteiger partial charge < -0.3 is 23.5 Å². The van der Waals surface area contributed by atoms with E-state index in [4.69, 9.17) is 56.8 Å². The van der Waals surface area contributed by atoms with E-state index in [2.05, 4.69) is 79.1 Å². The van der Waals surface area contributed by atoms with Crippen LogP contribution in [0.1, 0.15) is 66.4 Å². The Morgan fingerprint density at radius 2 is 1.42 bits per heavy atom. The van der Waals surface area contributed by atoms with E-state index in [1.807, 2.05) is 57.2 Å². The number of halogens is 2. The molecule has 15 heteroatoms. The third-order valence-corrected chi connectivity index (χ3v) is 17.4. The summed E-state index contributed by atoms with van der Waals surface area (Å²) >= 11 is 12.9. The molecule has 344 valence electrons. The van der Waals surface area contributed by atoms with Crippen molar-refractivity contribution in [3.63, 3.8) is 0 Å². The van der Waals surface area contributed by atoms with Crippen LogP contribution >= 0.6 is 23.2 Å². The van der Waals surface area contributed by atoms with Crippen molar-refractivity contribution in [3.05, 3.63) is 119 Å². The molecule has 4 heterocycles. The van der Waals surface area contributed by atoms with Gasteiger partial charge in [0.05, 0.1) is 37.8 Å². The predicted molar refractivity (Wildman–Crippen MR) is 259 cm³/mol. The first-order valence-electron chi connectivity index (χ1n) is 22.3. The SMILES string of the molecule is COC(=O)CC1CCN(Cc2cc(Oc3cnc(N4CCN(C(=O)OC(C)(C)C)C(CO[Si](c5ccccc5)(c5ccccc5)C(C)(C)C)C4)nc3)nc(-c3cc(Cl)cc(Cl)c3)c2)CC1. The summed E-state index contributed by atoms with van der Waals surface area (Å²) in [5.41, 5.74) is 1.75. The summed E-state index contributed by atoms with van der Waals surface area (Å²) in [7, 11) is -1.49. The van der Waals surface area contributed by atoms with Crippen molar-refractivity contribution in [1.82, 2.24) is 24.8 Å². The topological polar surface area (TPSA) is 119 Å². The van der Waals surface area contributed by atoms with Crippen molar-refractivity contribution in [2.24, 2.45) is 5.92 Å². The number of piperazine rings is 1. The zero-order valence-electron chi connectivity index (χ0n) is 38.4. The highest BCUT2D eigenvalue weighted by atomic mass is 35.5. The van der Waals surface area contributed by atoms with Crippen LogP contribution in [0.4, 0.5) is 10.7 Å². The second kappa shape index (κ2) is 20.6. The van der Waals surface area contributed by atoms with E-state index >= 15 is 0 Å². The summed E-state index contributed by atoms with van der Waals surface area (Å²) < 4.78 is 24.6. The van der Waals surface area contributed by atoms with Gasteiger partial charge in [0, 0.05) is 54.3 Å². The Kier molecular flexibility index (Phi) is 15.2. The Labute approximate surface area is 394 Å². The number of aromatic nitrogens is 3. The molecule has 2 fully saturated rings. The van der Waals surface area contributed by atoms with Gasteiger partial charge in [0.2, 0.25) is 11.8 Å². The fraction of sp³-hybridized carbons (Fsp3) is 0.420. The maximum Gasteiger partial charge on any atom is 0.410 e. The van der Waals surface area contributed by atoms with Crippen molar-refractivity contribution < 1.29 is 28.2 Å². The number of likely N-dealkylation sites (tertiary alicyclic amines) is 1. The molecular formula is C50H60Cl2N6O6Si. The first-order valence-corrected chi connectivity index (χ1v) is 24.9. The second-order valence-corrected chi connectivity index (χ2v) is 24.1. The quantitative estimate of drug-likeness (QED) is 0.0830. The molecule has 2 aliphatic heterocycles. The van der Waals surface area contributed by atoms with Crippen molar-refractivity contribution in [1.29, 1.82) is 0 Å². The van der Waals surface area contributed by atoms with Crippen molar-refractivity contribution in [2.75, 3.05) is 51.3 Å². The number of hydrogen-bond donors (Lipinski definition) is 0. The fourth-order valence-corrected chi connectivity index (χ4v) is 14.0. The van der Waals surface area contributed by atoms with E-state index < -0.39 is 13.9 Å². The third kappa shape index (κ3) is 12.1. The molecule has 1 atom stereocenters. The van der Waals surface area contributed by atoms with Crippen LogP contribution in [-0.4, -0.2) is 103 Å². The lowest BCUT2D eigenvalue weighted by Gasteiger charge is -2.46. The van der Waals surface area contributed by atoms with Crippen LogP contribution in [0.3, 0.4) is 0 Å². The highest BCUT2D eigenvalue weighted by Gasteiger charge is 2.51. The molecule has 1 unspecified atom stereocenters. The van der Waals surface area contributed by atoms with E-state index in [0.29, 0.717) is 71.8 Å². The molecule has 1 amide bonds. The molecule has 5 aromatic rings. The number of amides is 1. The van der Waals surface area contributed by atoms with Crippen LogP contribution in [0.5, 0.6) is 11.6 Å². The smallest absolute Gasteiger partial charge is 0.410 e. The van der Waals surface area contributed by atoms with Gasteiger partial charge in [-0.15, -0.1) is 0 Å². The largest absolute Gasteiger partial charge is 0.469 e. The Morgan fingerprint density at radius 1 is 0.800 bits per heavy atom. The van der Waals surface area contributed by atoms with E-state index in [1.165, 1.54) is 7.11 Å². The van der Waals surface area contributed by atoms with E-state index in [9.17, 15) is 9.59 Å². The number of hydrogen-bond acceptors (Lipinski definition) is 11. The summed E-state index contributed by atoms with van der Waals surface area (Å²) in [5, 5.41) is 3.08. The minimum Gasteiger partial charge on any atom is -0.469 e. The minimum absolute atomic E-state index is 0.164. The lowest BCUT2D eigenvalue weighted by atomic mass is 9.93. The molecule has 65 heavy (non-hydrogen) atoms. The Bertz CT molecular complexity index is 2330. The number of anilines is 1. The average molecular weight is 940 g/mol. The summed E-state index contributed by atoms with van der Waals surface area (Å²) in [6, 6.07) is 29.9. The monoisotopic (exact) mass is 938 g/mol. The molecular weight excluding hydrogens is 880 g/mol. The zero-order valence-corrected chi connectivity index (χ0v) is 40.9. The van der Waals surface area contributed by atoms with Crippen LogP contribution in [0, 0.1) is 5.92 Å². The van der Waals surface area contributed by atoms with Crippen molar-refractivity contribution >= 4 is 59.9 Å². The molecule has 3 aromatic carbocycles. The first kappa shape index (κ1) is 47.9. The van der Waals surface area contributed by atoms with E-state index in [1.54, 1.807) is 23.4 Å². The first-order chi connectivity index (χ1) is 31.0. The van der Waals surface area contributed by atoms with Crippen LogP contribution in [0.25, 0.3) is 11.3 Å². The second-order valence-electron chi connectivity index (χ2n) is 18.9. The summed E-state index contributed by atoms with van der Waals surface area (Å²) in [6.45, 7) is 16.3. The van der Waals surface area contributed by atoms with Crippen LogP contribution in [0.2, 0.25) is 15.1 Å². The fourth-order valence-electron chi connectivity index (χ4n) is 8.85. The normalized spacial score (nSPS) is 16.6. The lowest BCUT2D eigenvalue weighted by molar-refractivity contribution is -0.142. The Hall–Kier alpha value is -5.05. The highest BCUT2D eigenvalue weighted by Crippen LogP contribution is 2.38. The minimum atomic E-state index is -2.93. The molecule has 0 N–H and O–H groups in total. The number of methoxy groups -OCH3 is 1. The van der Waals surface area contributed by atoms with Gasteiger partial charge >= 0.3 is 12.1 Å². The maximum absolute atomic E-state index is 13.8. The van der Waals surface area contributed by atoms with E-state index in [0.717, 1.165) is 47.4 Å². The summed E-state index contributed by atoms with van der Waals surface area (Å²) in [6.07, 6.45) is 5.18. The molecule has 2 saturated heterocycles. The number of ether oxygens (including phenoxy) is 3. The summed E-state index contributed by atoms with van der Waals surface area (Å²) in [4.78, 5) is 46.4. The van der Waals surface area contributed by atoms with Crippen LogP contribution in [0.15, 0.2) is 103 Å². The molecule has 0 bridgehead atoms. The molecule has 7 rings (SSSR count). The van der Waals surface area contributed by atoms with Gasteiger partial charge in [-0.25, -0.2) is 19.7 Å². The molecule has 2 aliphatic rings. The summed E-state index contributed by atoms with van der Waals surface area (Å²) in [5.74, 6) is 1.43. The van der Waals surface area contributed by atoms with E-state index in [-0.39, 0.29) is 29.7 Å². The number of benzene rings is 3. The van der Waals surface area contributed by atoms with Gasteiger partial charge in [-0.3, -0.25) is 14.6 Å². The number of rotatable bonds is 13. The van der Waals surface area contributed by atoms with Crippen LogP contribution in [-0.2, 0) is 25.2 Å². The van der Waals surface area contributed by atoms with Crippen molar-refractivity contribution in [2.45, 2.75) is 84.0 Å². The van der Waals surface area contributed by atoms with Gasteiger partial charge in [0.1, 0.15) is 5.60 Å². The number of carbonyl (C=O) groups excluding carboxylic acids is 2. The standard InChI is InChI=1S/C50H60Cl2N6O6Si/c1-49(2,3)64-48(60)58-23-22-57(33-40(58)34-62-65(50(4,5)6,42-14-10-8-11-15-42)43-16-12-9-13-17-43)47-53-30-41(31-54-47)63-45-25-36(24-44(55-45)37-27-38(51)29-39(52)28-37)32-56-20-18-35(19-21-56)26-46(59)61-7/h8-17,24-25,27-31,35,40H,18-23,26,32-34H2,1-7H3. The highest BCUT2D eigenvalue weighted by molar-refractivity contribution is 6.99. The van der Waals surface area contributed by atoms with Gasteiger partial charge in [-0.05, 0) is 97.9 Å². The zero-order chi connectivity index (χ0) is 46.4. The van der Waals surface area contributed by atoms with Gasteiger partial charge in [-0.1, -0.05) is 105 Å². The van der Waals surface area contributed by atoms with Gasteiger partial charge in [-0.2, -0.15) is 0 Å². The van der Waals surface area contributed by atoms with Crippen molar-refractivity contribution in [3.8, 4) is 22.9 Å². The van der Waals surface area contributed by atoms with Gasteiger partial charge in [0.25, 0.3) is 8.32 Å². The molecule has 0 spiro atoms. The molecule has 12 nitrogen and oxygen atoms in total. The molecule has 2 aromatic heterocycles. The number of pyridine rings is 1. The lowest BCUT2D eigenvalue weighted by Crippen LogP contribution is -2.68. The molecule has 0 aliphatic carbocycles. The van der Waals surface area contributed by atoms with Crippen LogP contribution < -0.4 is 20.0 Å². The Morgan fingerprint density at radius 3 is 1.98 bits per heavy atom. The molecule has 0 radical (unpaired) electrons. The van der Waals surface area contributed by atoms with Gasteiger partial charge in [0.15, 0.2) is 5.75 Å². The average Bonchev–Trinajstić information content (AvgIpc) is 3.27. The molecule has 0 saturated carbocycles. The number of carbonyl (C=O) groups is 2. The number of nitrogens with zero attached hydrogens (tertiary/aromatic N) is 6.